The number of hydrogen-bond donors (Lipinski definition) is 1. The van der Waals surface area contributed by atoms with Crippen molar-refractivity contribution in [3.63, 3.8) is 0 Å². The first-order chi connectivity index (χ1) is 7.24. The molecule has 0 unspecified atom stereocenters. The molecule has 80 valence electrons. The van der Waals surface area contributed by atoms with E-state index in [1.54, 1.807) is 11.3 Å². The van der Waals surface area contributed by atoms with Gasteiger partial charge in [-0.3, -0.25) is 0 Å². The van der Waals surface area contributed by atoms with Gasteiger partial charge in [0.2, 0.25) is 0 Å². The monoisotopic (exact) mass is 223 g/mol. The molecule has 0 amide bonds. The molecule has 1 N–H and O–H groups in total. The molecule has 2 rings (SSSR count). The number of nitrogens with one attached hydrogen (secondary N) is 1. The largest absolute Gasteiger partial charge is 0.360 e. The Kier molecular flexibility index (Phi) is 3.13. The highest BCUT2D eigenvalue weighted by Gasteiger charge is 2.01. The summed E-state index contributed by atoms with van der Waals surface area (Å²) in [5.41, 5.74) is 0.917. The van der Waals surface area contributed by atoms with Crippen molar-refractivity contribution in [1.82, 2.24) is 15.5 Å². The molecule has 0 aliphatic heterocycles. The summed E-state index contributed by atoms with van der Waals surface area (Å²) in [5.74, 6) is 0.869. The van der Waals surface area contributed by atoms with E-state index in [-0.39, 0.29) is 0 Å². The first-order valence-corrected chi connectivity index (χ1v) is 5.60. The molecule has 15 heavy (non-hydrogen) atoms. The van der Waals surface area contributed by atoms with Gasteiger partial charge in [0.25, 0.3) is 0 Å². The zero-order chi connectivity index (χ0) is 10.7. The summed E-state index contributed by atoms with van der Waals surface area (Å²) in [6, 6.07) is 1.94. The molecule has 0 aliphatic carbocycles. The molecule has 2 aromatic heterocycles. The molecule has 0 bridgehead atoms. The van der Waals surface area contributed by atoms with Crippen LogP contribution in [0.2, 0.25) is 0 Å². The number of nitrogens with zero attached hydrogens (tertiary/aromatic N) is 2. The minimum atomic E-state index is 0.706. The maximum atomic E-state index is 5.08. The highest BCUT2D eigenvalue weighted by Crippen LogP contribution is 2.11. The fourth-order valence-electron chi connectivity index (χ4n) is 1.30. The fraction of sp³-hybridized carbons (Fsp3) is 0.400. The summed E-state index contributed by atoms with van der Waals surface area (Å²) in [7, 11) is 0. The molecule has 0 spiro atoms. The van der Waals surface area contributed by atoms with Gasteiger partial charge in [0.15, 0.2) is 5.76 Å². The molecule has 0 aliphatic rings. The minimum Gasteiger partial charge on any atom is -0.360 e. The minimum absolute atomic E-state index is 0.706. The van der Waals surface area contributed by atoms with Crippen LogP contribution >= 0.6 is 11.3 Å². The van der Waals surface area contributed by atoms with Gasteiger partial charge < -0.3 is 9.84 Å². The summed E-state index contributed by atoms with van der Waals surface area (Å²) < 4.78 is 5.08. The quantitative estimate of drug-likeness (QED) is 0.861. The zero-order valence-corrected chi connectivity index (χ0v) is 9.60. The van der Waals surface area contributed by atoms with Crippen molar-refractivity contribution in [3.8, 4) is 0 Å². The summed E-state index contributed by atoms with van der Waals surface area (Å²) >= 11 is 1.71. The average Bonchev–Trinajstić information content (AvgIpc) is 2.76. The second kappa shape index (κ2) is 4.55. The average molecular weight is 223 g/mol. The van der Waals surface area contributed by atoms with Crippen LogP contribution in [0.1, 0.15) is 21.3 Å². The number of hydrogen-bond acceptors (Lipinski definition) is 5. The first-order valence-electron chi connectivity index (χ1n) is 4.78. The molecule has 0 atom stereocenters. The van der Waals surface area contributed by atoms with E-state index in [2.05, 4.69) is 15.5 Å². The van der Waals surface area contributed by atoms with Crippen molar-refractivity contribution in [1.29, 1.82) is 0 Å². The summed E-state index contributed by atoms with van der Waals surface area (Å²) in [6.07, 6.45) is 1.90. The predicted molar refractivity (Wildman–Crippen MR) is 58.6 cm³/mol. The van der Waals surface area contributed by atoms with Crippen molar-refractivity contribution in [2.45, 2.75) is 26.9 Å². The van der Waals surface area contributed by atoms with Crippen LogP contribution in [-0.2, 0) is 13.1 Å². The van der Waals surface area contributed by atoms with Crippen LogP contribution in [0, 0.1) is 13.8 Å². The summed E-state index contributed by atoms with van der Waals surface area (Å²) in [5, 5.41) is 8.20. The Bertz CT molecular complexity index is 395. The van der Waals surface area contributed by atoms with Crippen molar-refractivity contribution >= 4 is 11.3 Å². The maximum absolute atomic E-state index is 5.08. The third kappa shape index (κ3) is 2.87. The lowest BCUT2D eigenvalue weighted by atomic mass is 10.4. The van der Waals surface area contributed by atoms with Crippen LogP contribution in [0.4, 0.5) is 0 Å². The summed E-state index contributed by atoms with van der Waals surface area (Å²) in [6.45, 7) is 5.45. The van der Waals surface area contributed by atoms with Crippen LogP contribution in [0.15, 0.2) is 16.8 Å². The third-order valence-corrected chi connectivity index (χ3v) is 2.86. The van der Waals surface area contributed by atoms with Crippen LogP contribution in [0.25, 0.3) is 0 Å². The standard InChI is InChI=1S/C10H13N3OS/c1-7-3-9(14-13-7)4-11-5-10-6-12-8(2)15-10/h3,6,11H,4-5H2,1-2H3. The van der Waals surface area contributed by atoms with Gasteiger partial charge in [0, 0.05) is 23.7 Å². The van der Waals surface area contributed by atoms with Crippen LogP contribution in [-0.4, -0.2) is 10.1 Å². The Morgan fingerprint density at radius 3 is 2.87 bits per heavy atom. The highest BCUT2D eigenvalue weighted by molar-refractivity contribution is 7.11. The smallest absolute Gasteiger partial charge is 0.150 e. The van der Waals surface area contributed by atoms with Gasteiger partial charge in [-0.2, -0.15) is 0 Å². The van der Waals surface area contributed by atoms with Crippen molar-refractivity contribution < 1.29 is 4.52 Å². The fourth-order valence-corrected chi connectivity index (χ4v) is 2.06. The van der Waals surface area contributed by atoms with Gasteiger partial charge in [-0.25, -0.2) is 4.98 Å². The predicted octanol–water partition coefficient (Wildman–Crippen LogP) is 2.04. The molecule has 2 aromatic rings. The van der Waals surface area contributed by atoms with Crippen molar-refractivity contribution in [2.75, 3.05) is 0 Å². The number of aromatic nitrogens is 2. The van der Waals surface area contributed by atoms with Gasteiger partial charge in [0.1, 0.15) is 0 Å². The lowest BCUT2D eigenvalue weighted by Gasteiger charge is -1.97. The van der Waals surface area contributed by atoms with Crippen LogP contribution in [0.5, 0.6) is 0 Å². The van der Waals surface area contributed by atoms with E-state index < -0.39 is 0 Å². The Hall–Kier alpha value is -1.20. The van der Waals surface area contributed by atoms with Crippen LogP contribution in [0.3, 0.4) is 0 Å². The molecule has 0 fully saturated rings. The van der Waals surface area contributed by atoms with E-state index in [4.69, 9.17) is 4.52 Å². The van der Waals surface area contributed by atoms with E-state index in [0.29, 0.717) is 6.54 Å². The third-order valence-electron chi connectivity index (χ3n) is 1.94. The Labute approximate surface area is 92.3 Å². The summed E-state index contributed by atoms with van der Waals surface area (Å²) in [4.78, 5) is 5.43. The SMILES string of the molecule is Cc1cc(CNCc2cnc(C)s2)on1. The van der Waals surface area contributed by atoms with Crippen molar-refractivity contribution in [3.05, 3.63) is 33.6 Å². The second-order valence-electron chi connectivity index (χ2n) is 3.38. The normalized spacial score (nSPS) is 10.8. The lowest BCUT2D eigenvalue weighted by Crippen LogP contribution is -2.11. The number of rotatable bonds is 4. The zero-order valence-electron chi connectivity index (χ0n) is 8.78. The Morgan fingerprint density at radius 2 is 2.27 bits per heavy atom. The highest BCUT2D eigenvalue weighted by atomic mass is 32.1. The number of aryl methyl sites for hydroxylation is 2. The molecule has 0 radical (unpaired) electrons. The van der Waals surface area contributed by atoms with E-state index >= 15 is 0 Å². The van der Waals surface area contributed by atoms with Gasteiger partial charge >= 0.3 is 0 Å². The van der Waals surface area contributed by atoms with Crippen LogP contribution < -0.4 is 5.32 Å². The van der Waals surface area contributed by atoms with E-state index in [1.165, 1.54) is 4.88 Å². The Morgan fingerprint density at radius 1 is 1.40 bits per heavy atom. The van der Waals surface area contributed by atoms with Gasteiger partial charge in [-0.1, -0.05) is 5.16 Å². The van der Waals surface area contributed by atoms with Gasteiger partial charge in [-0.15, -0.1) is 11.3 Å². The molecule has 0 aromatic carbocycles. The second-order valence-corrected chi connectivity index (χ2v) is 4.70. The van der Waals surface area contributed by atoms with E-state index in [1.807, 2.05) is 26.1 Å². The topological polar surface area (TPSA) is 51.0 Å². The molecule has 0 saturated carbocycles. The molecule has 5 heteroatoms. The van der Waals surface area contributed by atoms with Gasteiger partial charge in [0.05, 0.1) is 17.2 Å². The molecule has 2 heterocycles. The maximum Gasteiger partial charge on any atom is 0.150 e. The lowest BCUT2D eigenvalue weighted by molar-refractivity contribution is 0.369. The van der Waals surface area contributed by atoms with Gasteiger partial charge in [-0.05, 0) is 13.8 Å². The molecular formula is C10H13N3OS. The molecular weight excluding hydrogens is 210 g/mol. The van der Waals surface area contributed by atoms with Crippen molar-refractivity contribution in [2.24, 2.45) is 0 Å². The Balaban J connectivity index is 1.80. The first kappa shape index (κ1) is 10.3. The molecule has 0 saturated heterocycles. The number of thiazole rings is 1. The van der Waals surface area contributed by atoms with E-state index in [0.717, 1.165) is 23.0 Å². The van der Waals surface area contributed by atoms with E-state index in [9.17, 15) is 0 Å². The molecule has 4 nitrogen and oxygen atoms in total.